The number of aromatic nitrogens is 2. The van der Waals surface area contributed by atoms with Gasteiger partial charge < -0.3 is 0 Å². The lowest BCUT2D eigenvalue weighted by atomic mass is 10.0. The van der Waals surface area contributed by atoms with Crippen molar-refractivity contribution in [3.05, 3.63) is 50.7 Å². The number of benzene rings is 1. The molecule has 4 nitrogen and oxygen atoms in total. The van der Waals surface area contributed by atoms with Gasteiger partial charge in [0.05, 0.1) is 23.0 Å². The van der Waals surface area contributed by atoms with E-state index in [1.807, 2.05) is 10.7 Å². The molecule has 7 heteroatoms. The largest absolute Gasteiger partial charge is 0.271 e. The smallest absolute Gasteiger partial charge is 0.0834 e. The van der Waals surface area contributed by atoms with Gasteiger partial charge in [0.2, 0.25) is 0 Å². The number of nitrogens with two attached hydrogens (primary N) is 1. The van der Waals surface area contributed by atoms with Gasteiger partial charge in [0.15, 0.2) is 0 Å². The number of nitrogens with one attached hydrogen (secondary N) is 1. The zero-order valence-electron chi connectivity index (χ0n) is 11.6. The Bertz CT molecular complexity index is 592. The molecule has 1 aromatic carbocycles. The molecule has 0 saturated heterocycles. The Balaban J connectivity index is 2.35. The van der Waals surface area contributed by atoms with E-state index in [1.165, 1.54) is 0 Å². The van der Waals surface area contributed by atoms with Gasteiger partial charge >= 0.3 is 0 Å². The Morgan fingerprint density at radius 3 is 2.48 bits per heavy atom. The number of hydrogen-bond acceptors (Lipinski definition) is 3. The first-order valence-corrected chi connectivity index (χ1v) is 7.82. The van der Waals surface area contributed by atoms with Crippen LogP contribution < -0.4 is 11.3 Å². The molecule has 2 rings (SSSR count). The molecule has 114 valence electrons. The number of rotatable bonds is 6. The molecule has 0 aliphatic carbocycles. The molecule has 0 radical (unpaired) electrons. The fraction of sp³-hybridized carbons (Fsp3) is 0.357. The standard InChI is InChI=1S/C14H17Cl3N4/c1-2-6-21-14(12(17)8-19-21)13(20-18)7-9-10(15)4-3-5-11(9)16/h3-5,8,13,20H,2,6-7,18H2,1H3. The summed E-state index contributed by atoms with van der Waals surface area (Å²) in [6.45, 7) is 2.85. The first kappa shape index (κ1) is 16.6. The normalized spacial score (nSPS) is 12.6. The average molecular weight is 348 g/mol. The molecular formula is C14H17Cl3N4. The van der Waals surface area contributed by atoms with Crippen LogP contribution in [0, 0.1) is 0 Å². The van der Waals surface area contributed by atoms with E-state index in [-0.39, 0.29) is 6.04 Å². The summed E-state index contributed by atoms with van der Waals surface area (Å²) in [5.74, 6) is 5.71. The predicted molar refractivity (Wildman–Crippen MR) is 87.8 cm³/mol. The Morgan fingerprint density at radius 1 is 1.24 bits per heavy atom. The molecule has 1 aromatic heterocycles. The number of hydrogen-bond donors (Lipinski definition) is 2. The van der Waals surface area contributed by atoms with Crippen LogP contribution in [0.15, 0.2) is 24.4 Å². The molecule has 21 heavy (non-hydrogen) atoms. The predicted octanol–water partition coefficient (Wildman–Crippen LogP) is 4.00. The molecule has 0 bridgehead atoms. The van der Waals surface area contributed by atoms with Gasteiger partial charge in [-0.2, -0.15) is 5.10 Å². The summed E-state index contributed by atoms with van der Waals surface area (Å²) in [7, 11) is 0. The van der Waals surface area contributed by atoms with Crippen LogP contribution in [-0.2, 0) is 13.0 Å². The maximum absolute atomic E-state index is 6.26. The van der Waals surface area contributed by atoms with Crippen molar-refractivity contribution >= 4 is 34.8 Å². The summed E-state index contributed by atoms with van der Waals surface area (Å²) < 4.78 is 1.86. The monoisotopic (exact) mass is 346 g/mol. The van der Waals surface area contributed by atoms with Crippen molar-refractivity contribution in [2.75, 3.05) is 0 Å². The minimum atomic E-state index is -0.219. The van der Waals surface area contributed by atoms with Crippen molar-refractivity contribution in [1.29, 1.82) is 0 Å². The molecule has 1 unspecified atom stereocenters. The van der Waals surface area contributed by atoms with E-state index in [0.29, 0.717) is 21.5 Å². The molecule has 0 aliphatic rings. The van der Waals surface area contributed by atoms with Gasteiger partial charge in [-0.15, -0.1) is 0 Å². The van der Waals surface area contributed by atoms with Crippen molar-refractivity contribution in [3.8, 4) is 0 Å². The van der Waals surface area contributed by atoms with Gasteiger partial charge in [-0.25, -0.2) is 0 Å². The zero-order chi connectivity index (χ0) is 15.4. The molecule has 0 amide bonds. The highest BCUT2D eigenvalue weighted by Crippen LogP contribution is 2.31. The molecule has 1 heterocycles. The highest BCUT2D eigenvalue weighted by atomic mass is 35.5. The summed E-state index contributed by atoms with van der Waals surface area (Å²) in [4.78, 5) is 0. The Labute approximate surface area is 139 Å². The van der Waals surface area contributed by atoms with Crippen molar-refractivity contribution in [2.24, 2.45) is 5.84 Å². The van der Waals surface area contributed by atoms with Crippen LogP contribution in [0.3, 0.4) is 0 Å². The van der Waals surface area contributed by atoms with Crippen LogP contribution in [0.5, 0.6) is 0 Å². The lowest BCUT2D eigenvalue weighted by Gasteiger charge is -2.19. The Kier molecular flexibility index (Phi) is 5.90. The topological polar surface area (TPSA) is 55.9 Å². The van der Waals surface area contributed by atoms with E-state index in [2.05, 4.69) is 17.4 Å². The van der Waals surface area contributed by atoms with Gasteiger partial charge in [-0.3, -0.25) is 16.0 Å². The summed E-state index contributed by atoms with van der Waals surface area (Å²) in [6.07, 6.45) is 3.12. The number of aryl methyl sites for hydroxylation is 1. The fourth-order valence-corrected chi connectivity index (χ4v) is 3.10. The van der Waals surface area contributed by atoms with Gasteiger partial charge in [-0.1, -0.05) is 47.8 Å². The van der Waals surface area contributed by atoms with Crippen molar-refractivity contribution in [3.63, 3.8) is 0 Å². The number of hydrazine groups is 1. The highest BCUT2D eigenvalue weighted by molar-refractivity contribution is 6.36. The molecule has 0 aliphatic heterocycles. The molecule has 0 saturated carbocycles. The lowest BCUT2D eigenvalue weighted by Crippen LogP contribution is -2.32. The van der Waals surface area contributed by atoms with Gasteiger partial charge in [0, 0.05) is 16.6 Å². The molecular weight excluding hydrogens is 331 g/mol. The average Bonchev–Trinajstić information content (AvgIpc) is 2.81. The minimum Gasteiger partial charge on any atom is -0.271 e. The number of halogens is 3. The second-order valence-electron chi connectivity index (χ2n) is 4.72. The van der Waals surface area contributed by atoms with Crippen LogP contribution in [-0.4, -0.2) is 9.78 Å². The first-order valence-electron chi connectivity index (χ1n) is 6.68. The molecule has 3 N–H and O–H groups in total. The van der Waals surface area contributed by atoms with E-state index in [4.69, 9.17) is 40.6 Å². The van der Waals surface area contributed by atoms with Crippen molar-refractivity contribution < 1.29 is 0 Å². The van der Waals surface area contributed by atoms with Crippen LogP contribution in [0.1, 0.15) is 30.6 Å². The van der Waals surface area contributed by atoms with E-state index >= 15 is 0 Å². The summed E-state index contributed by atoms with van der Waals surface area (Å²) in [5, 5.41) is 6.09. The molecule has 2 aromatic rings. The van der Waals surface area contributed by atoms with Crippen LogP contribution in [0.25, 0.3) is 0 Å². The van der Waals surface area contributed by atoms with E-state index in [1.54, 1.807) is 18.3 Å². The van der Waals surface area contributed by atoms with E-state index in [9.17, 15) is 0 Å². The summed E-state index contributed by atoms with van der Waals surface area (Å²) >= 11 is 18.7. The summed E-state index contributed by atoms with van der Waals surface area (Å²) in [5.41, 5.74) is 4.47. The lowest BCUT2D eigenvalue weighted by molar-refractivity contribution is 0.478. The maximum Gasteiger partial charge on any atom is 0.0834 e. The highest BCUT2D eigenvalue weighted by Gasteiger charge is 2.21. The van der Waals surface area contributed by atoms with Gasteiger partial charge in [0.25, 0.3) is 0 Å². The van der Waals surface area contributed by atoms with Gasteiger partial charge in [-0.05, 0) is 30.5 Å². The maximum atomic E-state index is 6.26. The second-order valence-corrected chi connectivity index (χ2v) is 5.95. The SMILES string of the molecule is CCCn1ncc(Cl)c1C(Cc1c(Cl)cccc1Cl)NN. The third-order valence-electron chi connectivity index (χ3n) is 3.27. The Hall–Kier alpha value is -0.780. The van der Waals surface area contributed by atoms with E-state index < -0.39 is 0 Å². The quantitative estimate of drug-likeness (QED) is 0.613. The van der Waals surface area contributed by atoms with Gasteiger partial charge in [0.1, 0.15) is 0 Å². The third kappa shape index (κ3) is 3.71. The van der Waals surface area contributed by atoms with Crippen LogP contribution in [0.4, 0.5) is 0 Å². The van der Waals surface area contributed by atoms with Crippen molar-refractivity contribution in [2.45, 2.75) is 32.4 Å². The molecule has 0 fully saturated rings. The zero-order valence-corrected chi connectivity index (χ0v) is 13.9. The third-order valence-corrected chi connectivity index (χ3v) is 4.27. The molecule has 1 atom stereocenters. The van der Waals surface area contributed by atoms with E-state index in [0.717, 1.165) is 24.2 Å². The Morgan fingerprint density at radius 2 is 1.90 bits per heavy atom. The van der Waals surface area contributed by atoms with Crippen LogP contribution in [0.2, 0.25) is 15.1 Å². The number of nitrogens with zero attached hydrogens (tertiary/aromatic N) is 2. The first-order chi connectivity index (χ1) is 10.1. The second kappa shape index (κ2) is 7.47. The molecule has 0 spiro atoms. The minimum absolute atomic E-state index is 0.219. The summed E-state index contributed by atoms with van der Waals surface area (Å²) in [6, 6.07) is 5.21. The van der Waals surface area contributed by atoms with Crippen LogP contribution >= 0.6 is 34.8 Å². The fourth-order valence-electron chi connectivity index (χ4n) is 2.27. The van der Waals surface area contributed by atoms with Crippen molar-refractivity contribution in [1.82, 2.24) is 15.2 Å².